The quantitative estimate of drug-likeness (QED) is 0.223. The van der Waals surface area contributed by atoms with Crippen LogP contribution in [0.2, 0.25) is 0 Å². The summed E-state index contributed by atoms with van der Waals surface area (Å²) < 4.78 is 92.9. The van der Waals surface area contributed by atoms with Gasteiger partial charge >= 0.3 is 12.4 Å². The van der Waals surface area contributed by atoms with Crippen LogP contribution >= 0.6 is 0 Å². The summed E-state index contributed by atoms with van der Waals surface area (Å²) in [7, 11) is 0. The average molecular weight is 663 g/mol. The lowest BCUT2D eigenvalue weighted by molar-refractivity contribution is -0.144. The summed E-state index contributed by atoms with van der Waals surface area (Å²) in [6, 6.07) is 6.76. The van der Waals surface area contributed by atoms with Crippen LogP contribution in [0.1, 0.15) is 42.2 Å². The van der Waals surface area contributed by atoms with E-state index in [0.717, 1.165) is 30.2 Å². The van der Waals surface area contributed by atoms with Crippen molar-refractivity contribution in [3.8, 4) is 17.4 Å². The molecule has 18 heteroatoms. The molecule has 0 aliphatic carbocycles. The summed E-state index contributed by atoms with van der Waals surface area (Å²) in [5, 5.41) is 10.6. The first-order valence-corrected chi connectivity index (χ1v) is 14.9. The number of ether oxygens (including phenoxy) is 2. The molecule has 2 fully saturated rings. The van der Waals surface area contributed by atoms with Gasteiger partial charge in [-0.15, -0.1) is 10.2 Å². The minimum atomic E-state index is -4.65. The van der Waals surface area contributed by atoms with Gasteiger partial charge in [0.1, 0.15) is 17.6 Å². The average Bonchev–Trinajstić information content (AvgIpc) is 3.75. The number of hydrogen-bond donors (Lipinski definition) is 1. The maximum Gasteiger partial charge on any atom is 0.451 e. The second kappa shape index (κ2) is 12.2. The molecule has 47 heavy (non-hydrogen) atoms. The molecule has 12 nitrogen and oxygen atoms in total. The fourth-order valence-corrected chi connectivity index (χ4v) is 5.59. The third kappa shape index (κ3) is 6.92. The number of nitrogens with zero attached hydrogens (tertiary/aromatic N) is 9. The summed E-state index contributed by atoms with van der Waals surface area (Å²) >= 11 is 0. The number of H-pyrrole nitrogens is 1. The molecule has 0 aromatic carbocycles. The number of piperidine rings is 1. The molecule has 1 atom stereocenters. The summed E-state index contributed by atoms with van der Waals surface area (Å²) in [5.41, 5.74) is 1.21. The van der Waals surface area contributed by atoms with Gasteiger partial charge in [0.15, 0.2) is 5.82 Å². The number of likely N-dealkylation sites (tertiary alicyclic amines) is 1. The maximum atomic E-state index is 13.0. The normalized spacial score (nSPS) is 18.1. The maximum absolute atomic E-state index is 13.0. The highest BCUT2D eigenvalue weighted by molar-refractivity contribution is 5.78. The van der Waals surface area contributed by atoms with Gasteiger partial charge < -0.3 is 19.0 Å². The van der Waals surface area contributed by atoms with Crippen molar-refractivity contribution in [2.24, 2.45) is 0 Å². The molecule has 0 bridgehead atoms. The number of aromatic amines is 1. The van der Waals surface area contributed by atoms with Gasteiger partial charge in [0.25, 0.3) is 0 Å². The number of fused-ring (bicyclic) bond motifs is 1. The van der Waals surface area contributed by atoms with Gasteiger partial charge in [-0.05, 0) is 31.4 Å². The lowest BCUT2D eigenvalue weighted by Gasteiger charge is -2.32. The van der Waals surface area contributed by atoms with E-state index in [0.29, 0.717) is 62.7 Å². The monoisotopic (exact) mass is 662 g/mol. The van der Waals surface area contributed by atoms with Gasteiger partial charge in [-0.25, -0.2) is 9.97 Å². The number of imidazole rings is 1. The number of aromatic nitrogens is 9. The summed E-state index contributed by atoms with van der Waals surface area (Å²) in [4.78, 5) is 18.1. The van der Waals surface area contributed by atoms with E-state index in [1.165, 1.54) is 4.68 Å². The SMILES string of the molecule is FC(F)(F)c1cnn(Cc2cccc(OC3CCN(Cc4nc5cc(-c6nnc(C(F)(F)F)[nH]6)ncc5n4C[C@@H]4CCO4)CC3)n2)c1. The molecule has 2 aliphatic heterocycles. The van der Waals surface area contributed by atoms with Gasteiger partial charge in [0.2, 0.25) is 11.7 Å². The summed E-state index contributed by atoms with van der Waals surface area (Å²) in [5.74, 6) is -0.125. The molecule has 2 aliphatic rings. The van der Waals surface area contributed by atoms with E-state index < -0.39 is 23.7 Å². The molecular formula is C29H28F6N10O2. The molecule has 0 amide bonds. The van der Waals surface area contributed by atoms with Crippen LogP contribution in [-0.4, -0.2) is 81.3 Å². The Hall–Kier alpha value is -4.58. The Morgan fingerprint density at radius 3 is 2.45 bits per heavy atom. The Balaban J connectivity index is 1.00. The predicted octanol–water partition coefficient (Wildman–Crippen LogP) is 4.73. The van der Waals surface area contributed by atoms with E-state index in [2.05, 4.69) is 35.1 Å². The number of halogens is 6. The highest BCUT2D eigenvalue weighted by atomic mass is 19.4. The Labute approximate surface area is 262 Å². The van der Waals surface area contributed by atoms with Crippen LogP contribution in [0.15, 0.2) is 42.9 Å². The van der Waals surface area contributed by atoms with E-state index >= 15 is 0 Å². The van der Waals surface area contributed by atoms with Gasteiger partial charge in [-0.1, -0.05) is 6.07 Å². The third-order valence-electron chi connectivity index (χ3n) is 8.14. The zero-order valence-corrected chi connectivity index (χ0v) is 24.7. The Bertz CT molecular complexity index is 1850. The Morgan fingerprint density at radius 2 is 1.77 bits per heavy atom. The second-order valence-corrected chi connectivity index (χ2v) is 11.5. The van der Waals surface area contributed by atoms with E-state index in [-0.39, 0.29) is 30.3 Å². The lowest BCUT2D eigenvalue weighted by Crippen LogP contribution is -2.39. The fourth-order valence-electron chi connectivity index (χ4n) is 5.59. The highest BCUT2D eigenvalue weighted by Crippen LogP contribution is 2.30. The first-order chi connectivity index (χ1) is 22.5. The van der Waals surface area contributed by atoms with Crippen LogP contribution < -0.4 is 4.74 Å². The number of rotatable bonds is 9. The molecule has 0 saturated carbocycles. The molecule has 7 heterocycles. The van der Waals surface area contributed by atoms with E-state index in [4.69, 9.17) is 14.5 Å². The van der Waals surface area contributed by atoms with Crippen LogP contribution in [0.4, 0.5) is 26.3 Å². The fraction of sp³-hybridized carbons (Fsp3) is 0.448. The predicted molar refractivity (Wildman–Crippen MR) is 152 cm³/mol. The third-order valence-corrected chi connectivity index (χ3v) is 8.14. The van der Waals surface area contributed by atoms with Crippen LogP contribution in [0.3, 0.4) is 0 Å². The van der Waals surface area contributed by atoms with Crippen molar-refractivity contribution >= 4 is 11.0 Å². The van der Waals surface area contributed by atoms with E-state index in [9.17, 15) is 26.3 Å². The zero-order chi connectivity index (χ0) is 32.8. The molecule has 1 N–H and O–H groups in total. The molecule has 5 aromatic rings. The first-order valence-electron chi connectivity index (χ1n) is 14.9. The van der Waals surface area contributed by atoms with Gasteiger partial charge in [-0.2, -0.15) is 31.4 Å². The molecule has 0 unspecified atom stereocenters. The standard InChI is InChI=1S/C29H28F6N10O2/c30-28(31,32)17-11-37-44(13-17)14-18-2-1-3-25(38-18)47-19-4-7-43(8-5-19)16-24-39-21-10-22(26-40-27(42-41-26)29(33,34)35)36-12-23(21)45(24)15-20-6-9-46-20/h1-3,10-13,19-20H,4-9,14-16H2,(H,40,41,42)/t20-/m0/s1. The topological polar surface area (TPSA) is 125 Å². The summed E-state index contributed by atoms with van der Waals surface area (Å²) in [6.07, 6.45) is -3.53. The van der Waals surface area contributed by atoms with Crippen LogP contribution in [0, 0.1) is 0 Å². The Kier molecular flexibility index (Phi) is 8.07. The van der Waals surface area contributed by atoms with Gasteiger partial charge in [0, 0.05) is 32.0 Å². The molecule has 0 spiro atoms. The highest BCUT2D eigenvalue weighted by Gasteiger charge is 2.36. The van der Waals surface area contributed by atoms with Crippen molar-refractivity contribution in [1.29, 1.82) is 0 Å². The van der Waals surface area contributed by atoms with Crippen molar-refractivity contribution in [3.05, 3.63) is 65.8 Å². The van der Waals surface area contributed by atoms with Crippen molar-refractivity contribution < 1.29 is 35.8 Å². The summed E-state index contributed by atoms with van der Waals surface area (Å²) in [6.45, 7) is 3.29. The number of hydrogen-bond acceptors (Lipinski definition) is 9. The number of alkyl halides is 6. The van der Waals surface area contributed by atoms with Crippen molar-refractivity contribution in [2.45, 2.75) is 63.5 Å². The number of pyridine rings is 2. The lowest BCUT2D eigenvalue weighted by atomic mass is 10.1. The molecule has 7 rings (SSSR count). The van der Waals surface area contributed by atoms with Crippen LogP contribution in [0.5, 0.6) is 5.88 Å². The van der Waals surface area contributed by atoms with Crippen LogP contribution in [-0.2, 0) is 36.7 Å². The Morgan fingerprint density at radius 1 is 0.957 bits per heavy atom. The molecule has 5 aromatic heterocycles. The van der Waals surface area contributed by atoms with Crippen molar-refractivity contribution in [1.82, 2.24) is 49.4 Å². The molecular weight excluding hydrogens is 634 g/mol. The van der Waals surface area contributed by atoms with E-state index in [1.54, 1.807) is 30.5 Å². The van der Waals surface area contributed by atoms with Crippen LogP contribution in [0.25, 0.3) is 22.6 Å². The second-order valence-electron chi connectivity index (χ2n) is 11.5. The number of nitrogens with one attached hydrogen (secondary N) is 1. The first kappa shape index (κ1) is 31.0. The minimum Gasteiger partial charge on any atom is -0.474 e. The smallest absolute Gasteiger partial charge is 0.451 e. The molecule has 2 saturated heterocycles. The molecule has 248 valence electrons. The van der Waals surface area contributed by atoms with Crippen molar-refractivity contribution in [3.63, 3.8) is 0 Å². The zero-order valence-electron chi connectivity index (χ0n) is 24.7. The minimum absolute atomic E-state index is 0.0387. The van der Waals surface area contributed by atoms with Crippen molar-refractivity contribution in [2.75, 3.05) is 19.7 Å². The van der Waals surface area contributed by atoms with E-state index in [1.807, 2.05) is 4.57 Å². The molecule has 0 radical (unpaired) electrons. The largest absolute Gasteiger partial charge is 0.474 e. The van der Waals surface area contributed by atoms with Gasteiger partial charge in [-0.3, -0.25) is 14.6 Å². The van der Waals surface area contributed by atoms with Gasteiger partial charge in [0.05, 0.1) is 60.4 Å².